The van der Waals surface area contributed by atoms with Crippen molar-refractivity contribution in [3.05, 3.63) is 82.4 Å². The molecule has 1 aliphatic heterocycles. The van der Waals surface area contributed by atoms with Crippen LogP contribution in [0.25, 0.3) is 0 Å². The second-order valence-electron chi connectivity index (χ2n) is 11.9. The quantitative estimate of drug-likeness (QED) is 0.268. The number of likely N-dealkylation sites (tertiary alicyclic amines) is 1. The highest BCUT2D eigenvalue weighted by Crippen LogP contribution is 2.55. The van der Waals surface area contributed by atoms with Gasteiger partial charge in [-0.1, -0.05) is 73.3 Å². The second kappa shape index (κ2) is 12.2. The predicted octanol–water partition coefficient (Wildman–Crippen LogP) is 7.66. The lowest BCUT2D eigenvalue weighted by molar-refractivity contribution is -0.156. The molecule has 3 aliphatic rings. The number of halogens is 2. The predicted molar refractivity (Wildman–Crippen MR) is 163 cm³/mol. The van der Waals surface area contributed by atoms with Gasteiger partial charge >= 0.3 is 0 Å². The summed E-state index contributed by atoms with van der Waals surface area (Å²) >= 11 is 12.8. The van der Waals surface area contributed by atoms with E-state index in [1.807, 2.05) is 48.5 Å². The molecule has 216 valence electrons. The number of benzene rings is 2. The molecular formula is C32H40Cl2N2O3S. The van der Waals surface area contributed by atoms with E-state index in [2.05, 4.69) is 29.2 Å². The fourth-order valence-electron chi connectivity index (χ4n) is 7.04. The van der Waals surface area contributed by atoms with Crippen molar-refractivity contribution in [2.45, 2.75) is 88.0 Å². The molecule has 40 heavy (non-hydrogen) atoms. The van der Waals surface area contributed by atoms with Gasteiger partial charge in [0.25, 0.3) is 0 Å². The molecule has 2 aromatic rings. The van der Waals surface area contributed by atoms with Gasteiger partial charge in [0.05, 0.1) is 16.7 Å². The van der Waals surface area contributed by atoms with Gasteiger partial charge in [-0.05, 0) is 86.3 Å². The summed E-state index contributed by atoms with van der Waals surface area (Å²) in [7, 11) is -3.46. The van der Waals surface area contributed by atoms with E-state index < -0.39 is 15.4 Å². The van der Waals surface area contributed by atoms with Crippen molar-refractivity contribution in [1.29, 1.82) is 0 Å². The third kappa shape index (κ3) is 6.01. The van der Waals surface area contributed by atoms with Crippen molar-refractivity contribution in [3.8, 4) is 0 Å². The van der Waals surface area contributed by atoms with Crippen LogP contribution in [0.5, 0.6) is 0 Å². The van der Waals surface area contributed by atoms with Crippen LogP contribution in [0, 0.1) is 11.3 Å². The Labute approximate surface area is 249 Å². The number of carbonyl (C=O) groups is 1. The van der Waals surface area contributed by atoms with Crippen LogP contribution in [-0.2, 0) is 14.8 Å². The molecule has 1 N–H and O–H groups in total. The van der Waals surface area contributed by atoms with Crippen molar-refractivity contribution in [3.63, 3.8) is 0 Å². The van der Waals surface area contributed by atoms with Gasteiger partial charge in [0, 0.05) is 28.5 Å². The summed E-state index contributed by atoms with van der Waals surface area (Å²) in [5.74, 6) is 0.302. The van der Waals surface area contributed by atoms with Crippen LogP contribution in [0.3, 0.4) is 0 Å². The van der Waals surface area contributed by atoms with Crippen molar-refractivity contribution in [1.82, 2.24) is 9.62 Å². The van der Waals surface area contributed by atoms with Crippen molar-refractivity contribution < 1.29 is 13.2 Å². The van der Waals surface area contributed by atoms with Gasteiger partial charge in [-0.25, -0.2) is 13.1 Å². The molecule has 5 rings (SSSR count). The molecule has 1 unspecified atom stereocenters. The molecule has 1 saturated heterocycles. The number of piperidine rings is 1. The van der Waals surface area contributed by atoms with Crippen LogP contribution in [0.2, 0.25) is 10.0 Å². The topological polar surface area (TPSA) is 66.5 Å². The molecule has 2 saturated carbocycles. The minimum atomic E-state index is -3.46. The van der Waals surface area contributed by atoms with E-state index in [0.717, 1.165) is 36.8 Å². The zero-order chi connectivity index (χ0) is 28.5. The molecule has 0 aromatic heterocycles. The van der Waals surface area contributed by atoms with Gasteiger partial charge < -0.3 is 4.90 Å². The Hall–Kier alpha value is -1.86. The van der Waals surface area contributed by atoms with Crippen LogP contribution in [0.1, 0.15) is 87.8 Å². The zero-order valence-electron chi connectivity index (χ0n) is 23.2. The van der Waals surface area contributed by atoms with Crippen molar-refractivity contribution >= 4 is 39.1 Å². The molecule has 5 nitrogen and oxygen atoms in total. The third-order valence-electron chi connectivity index (χ3n) is 9.44. The lowest BCUT2D eigenvalue weighted by Crippen LogP contribution is -2.59. The number of amides is 1. The van der Waals surface area contributed by atoms with E-state index in [1.165, 1.54) is 0 Å². The largest absolute Gasteiger partial charge is 0.330 e. The zero-order valence-corrected chi connectivity index (χ0v) is 25.5. The number of hydrogen-bond acceptors (Lipinski definition) is 3. The van der Waals surface area contributed by atoms with Gasteiger partial charge in [0.1, 0.15) is 0 Å². The van der Waals surface area contributed by atoms with Gasteiger partial charge in [0.15, 0.2) is 0 Å². The van der Waals surface area contributed by atoms with Gasteiger partial charge in [-0.3, -0.25) is 4.79 Å². The van der Waals surface area contributed by atoms with E-state index in [-0.39, 0.29) is 41.6 Å². The number of allylic oxidation sites excluding steroid dienone is 1. The maximum atomic E-state index is 14.8. The van der Waals surface area contributed by atoms with Crippen molar-refractivity contribution in [2.75, 3.05) is 6.54 Å². The first-order valence-electron chi connectivity index (χ1n) is 14.6. The summed E-state index contributed by atoms with van der Waals surface area (Å²) in [5.41, 5.74) is 1.44. The number of nitrogens with one attached hydrogen (secondary N) is 1. The van der Waals surface area contributed by atoms with Crippen LogP contribution >= 0.6 is 23.2 Å². The molecule has 1 amide bonds. The highest BCUT2D eigenvalue weighted by atomic mass is 35.5. The van der Waals surface area contributed by atoms with Crippen molar-refractivity contribution in [2.24, 2.45) is 11.3 Å². The first kappa shape index (κ1) is 29.6. The minimum absolute atomic E-state index is 0.0369. The van der Waals surface area contributed by atoms with Gasteiger partial charge in [-0.15, -0.1) is 6.58 Å². The maximum absolute atomic E-state index is 14.8. The van der Waals surface area contributed by atoms with Crippen LogP contribution in [-0.4, -0.2) is 37.1 Å². The summed E-state index contributed by atoms with van der Waals surface area (Å²) in [6.07, 6.45) is 9.01. The molecule has 0 spiro atoms. The Morgan fingerprint density at radius 3 is 2.35 bits per heavy atom. The average molecular weight is 604 g/mol. The Bertz CT molecular complexity index is 1320. The standard InChI is InChI=1S/C32H40Cl2N2O3S/c1-3-18-32(4-2)20-28(24-8-7-9-26(34)19-24)30(23-14-16-25(33)17-15-23)36(31(32)37)29(22-12-13-22)21-35-40(38,39)27-10-5-6-11-27/h3,7-9,14-17,19,22,27-30,35H,1,4-6,10-13,18,20-21H2,2H3/t28-,29?,30-,32+/m1/s1. The third-order valence-corrected chi connectivity index (χ3v) is 11.8. The maximum Gasteiger partial charge on any atom is 0.229 e. The second-order valence-corrected chi connectivity index (χ2v) is 14.8. The van der Waals surface area contributed by atoms with E-state index in [9.17, 15) is 13.2 Å². The number of nitrogens with zero attached hydrogens (tertiary/aromatic N) is 1. The monoisotopic (exact) mass is 602 g/mol. The molecular weight excluding hydrogens is 563 g/mol. The average Bonchev–Trinajstić information content (AvgIpc) is 3.61. The Morgan fingerprint density at radius 1 is 1.05 bits per heavy atom. The Morgan fingerprint density at radius 2 is 1.75 bits per heavy atom. The summed E-state index contributed by atoms with van der Waals surface area (Å²) in [4.78, 5) is 16.8. The molecule has 2 aliphatic carbocycles. The highest BCUT2D eigenvalue weighted by molar-refractivity contribution is 7.90. The lowest BCUT2D eigenvalue weighted by Gasteiger charge is -2.53. The van der Waals surface area contributed by atoms with E-state index in [4.69, 9.17) is 23.2 Å². The molecule has 4 atom stereocenters. The summed E-state index contributed by atoms with van der Waals surface area (Å²) in [6.45, 7) is 6.32. The molecule has 8 heteroatoms. The minimum Gasteiger partial charge on any atom is -0.330 e. The fourth-order valence-corrected chi connectivity index (χ4v) is 8.96. The van der Waals surface area contributed by atoms with E-state index in [0.29, 0.717) is 42.1 Å². The van der Waals surface area contributed by atoms with Gasteiger partial charge in [-0.2, -0.15) is 0 Å². The summed E-state index contributed by atoms with van der Waals surface area (Å²) in [6, 6.07) is 15.2. The number of rotatable bonds is 11. The number of sulfonamides is 1. The number of hydrogen-bond donors (Lipinski definition) is 1. The molecule has 0 radical (unpaired) electrons. The first-order valence-corrected chi connectivity index (χ1v) is 16.9. The summed E-state index contributed by atoms with van der Waals surface area (Å²) < 4.78 is 29.5. The highest BCUT2D eigenvalue weighted by Gasteiger charge is 2.54. The molecule has 2 aromatic carbocycles. The normalized spacial score (nSPS) is 26.7. The molecule has 3 fully saturated rings. The van der Waals surface area contributed by atoms with Crippen LogP contribution in [0.4, 0.5) is 0 Å². The lowest BCUT2D eigenvalue weighted by atomic mass is 9.65. The smallest absolute Gasteiger partial charge is 0.229 e. The Balaban J connectivity index is 1.62. The molecule has 1 heterocycles. The van der Waals surface area contributed by atoms with E-state index in [1.54, 1.807) is 0 Å². The molecule has 0 bridgehead atoms. The summed E-state index contributed by atoms with van der Waals surface area (Å²) in [5, 5.41) is 0.949. The van der Waals surface area contributed by atoms with E-state index >= 15 is 0 Å². The fraction of sp³-hybridized carbons (Fsp3) is 0.531. The van der Waals surface area contributed by atoms with Crippen LogP contribution < -0.4 is 4.72 Å². The van der Waals surface area contributed by atoms with Gasteiger partial charge in [0.2, 0.25) is 15.9 Å². The SMILES string of the molecule is C=CC[C@@]1(CC)C[C@H](c2cccc(Cl)c2)[C@@H](c2ccc(Cl)cc2)N(C(CNS(=O)(=O)C2CCCC2)C2CC2)C1=O. The Kier molecular flexibility index (Phi) is 9.01. The first-order chi connectivity index (χ1) is 19.2. The number of carbonyl (C=O) groups excluding carboxylic acids is 1. The van der Waals surface area contributed by atoms with Crippen LogP contribution in [0.15, 0.2) is 61.2 Å².